The number of guanidine groups is 1. The number of unbranched alkanes of at least 4 members (excludes halogenated alkanes) is 2. The van der Waals surface area contributed by atoms with E-state index in [1.54, 1.807) is 0 Å². The van der Waals surface area contributed by atoms with Crippen LogP contribution in [0.1, 0.15) is 90.4 Å². The quantitative estimate of drug-likeness (QED) is 0.353. The van der Waals surface area contributed by atoms with E-state index in [0.717, 1.165) is 44.2 Å². The van der Waals surface area contributed by atoms with E-state index < -0.39 is 0 Å². The van der Waals surface area contributed by atoms with Crippen molar-refractivity contribution in [2.75, 3.05) is 26.7 Å². The van der Waals surface area contributed by atoms with E-state index >= 15 is 0 Å². The van der Waals surface area contributed by atoms with Crippen LogP contribution in [0.4, 0.5) is 0 Å². The number of ether oxygens (including phenoxy) is 1. The maximum atomic E-state index is 6.03. The summed E-state index contributed by atoms with van der Waals surface area (Å²) in [6.07, 6.45) is 17.4. The first kappa shape index (κ1) is 21.9. The fourth-order valence-corrected chi connectivity index (χ4v) is 5.31. The van der Waals surface area contributed by atoms with Crippen molar-refractivity contribution in [1.82, 2.24) is 15.5 Å². The number of nitrogens with zero attached hydrogens (tertiary/aromatic N) is 2. The molecule has 2 bridgehead atoms. The zero-order valence-electron chi connectivity index (χ0n) is 18.4. The molecule has 0 aromatic rings. The third-order valence-corrected chi connectivity index (χ3v) is 7.00. The van der Waals surface area contributed by atoms with Crippen LogP contribution in [-0.4, -0.2) is 61.8 Å². The summed E-state index contributed by atoms with van der Waals surface area (Å²) in [6.45, 7) is 4.94. The van der Waals surface area contributed by atoms with Crippen LogP contribution in [0.25, 0.3) is 0 Å². The lowest BCUT2D eigenvalue weighted by Gasteiger charge is -2.47. The van der Waals surface area contributed by atoms with Crippen molar-refractivity contribution in [3.63, 3.8) is 0 Å². The Bertz CT molecular complexity index is 450. The Morgan fingerprint density at radius 3 is 2.43 bits per heavy atom. The van der Waals surface area contributed by atoms with E-state index in [9.17, 15) is 0 Å². The van der Waals surface area contributed by atoms with Gasteiger partial charge in [0.1, 0.15) is 0 Å². The SMILES string of the molecule is CCNC(=NCCCCCOC1CCCCC1)NC1CC2CCCC(C1)N2C. The standard InChI is InChI=1S/C23H44N4O/c1-3-24-23(26-19-17-20-11-10-12-21(18-19)27(20)2)25-15-8-5-9-16-28-22-13-6-4-7-14-22/h19-22H,3-18H2,1-2H3,(H2,24,25,26). The van der Waals surface area contributed by atoms with Gasteiger partial charge in [-0.05, 0) is 71.8 Å². The highest BCUT2D eigenvalue weighted by molar-refractivity contribution is 5.80. The maximum Gasteiger partial charge on any atom is 0.191 e. The first-order chi connectivity index (χ1) is 13.8. The lowest BCUT2D eigenvalue weighted by molar-refractivity contribution is 0.0264. The highest BCUT2D eigenvalue weighted by atomic mass is 16.5. The second-order valence-corrected chi connectivity index (χ2v) is 9.17. The number of hydrogen-bond acceptors (Lipinski definition) is 3. The highest BCUT2D eigenvalue weighted by Crippen LogP contribution is 2.32. The normalized spacial score (nSPS) is 29.6. The van der Waals surface area contributed by atoms with Gasteiger partial charge in [0.15, 0.2) is 5.96 Å². The zero-order chi connectivity index (χ0) is 19.6. The number of aliphatic imine (C=N–C) groups is 1. The van der Waals surface area contributed by atoms with Crippen LogP contribution in [0.5, 0.6) is 0 Å². The maximum absolute atomic E-state index is 6.03. The van der Waals surface area contributed by atoms with Crippen molar-refractivity contribution in [3.8, 4) is 0 Å². The summed E-state index contributed by atoms with van der Waals surface area (Å²) in [5, 5.41) is 7.19. The van der Waals surface area contributed by atoms with E-state index in [1.807, 2.05) is 0 Å². The molecule has 162 valence electrons. The Morgan fingerprint density at radius 2 is 1.71 bits per heavy atom. The fourth-order valence-electron chi connectivity index (χ4n) is 5.31. The van der Waals surface area contributed by atoms with Crippen LogP contribution in [0.3, 0.4) is 0 Å². The Labute approximate surface area is 173 Å². The summed E-state index contributed by atoms with van der Waals surface area (Å²) in [5.41, 5.74) is 0. The molecule has 1 aliphatic carbocycles. The Balaban J connectivity index is 1.31. The van der Waals surface area contributed by atoms with Crippen LogP contribution in [-0.2, 0) is 4.74 Å². The summed E-state index contributed by atoms with van der Waals surface area (Å²) in [6, 6.07) is 2.10. The van der Waals surface area contributed by atoms with Crippen molar-refractivity contribution in [2.24, 2.45) is 4.99 Å². The van der Waals surface area contributed by atoms with E-state index in [1.165, 1.54) is 77.0 Å². The van der Waals surface area contributed by atoms with Crippen molar-refractivity contribution in [3.05, 3.63) is 0 Å². The molecule has 0 spiro atoms. The number of hydrogen-bond donors (Lipinski definition) is 2. The Morgan fingerprint density at radius 1 is 0.964 bits per heavy atom. The van der Waals surface area contributed by atoms with Gasteiger partial charge < -0.3 is 20.3 Å². The van der Waals surface area contributed by atoms with Gasteiger partial charge in [-0.3, -0.25) is 4.99 Å². The molecule has 2 N–H and O–H groups in total. The molecular weight excluding hydrogens is 348 g/mol. The molecule has 0 aromatic heterocycles. The fraction of sp³-hybridized carbons (Fsp3) is 0.957. The minimum atomic E-state index is 0.547. The number of fused-ring (bicyclic) bond motifs is 2. The number of piperidine rings is 2. The molecule has 2 heterocycles. The van der Waals surface area contributed by atoms with Gasteiger partial charge in [0.2, 0.25) is 0 Å². The van der Waals surface area contributed by atoms with Gasteiger partial charge in [-0.15, -0.1) is 0 Å². The number of nitrogens with one attached hydrogen (secondary N) is 2. The van der Waals surface area contributed by atoms with Crippen LogP contribution >= 0.6 is 0 Å². The monoisotopic (exact) mass is 392 g/mol. The van der Waals surface area contributed by atoms with Crippen LogP contribution < -0.4 is 10.6 Å². The molecule has 2 aliphatic heterocycles. The predicted molar refractivity (Wildman–Crippen MR) is 118 cm³/mol. The molecule has 1 saturated carbocycles. The van der Waals surface area contributed by atoms with E-state index in [-0.39, 0.29) is 0 Å². The molecule has 5 nitrogen and oxygen atoms in total. The average molecular weight is 393 g/mol. The lowest BCUT2D eigenvalue weighted by Crippen LogP contribution is -2.56. The van der Waals surface area contributed by atoms with Crippen molar-refractivity contribution in [2.45, 2.75) is 115 Å². The minimum absolute atomic E-state index is 0.547. The Hall–Kier alpha value is -0.810. The molecule has 2 unspecified atom stereocenters. The van der Waals surface area contributed by atoms with Crippen LogP contribution in [0.15, 0.2) is 4.99 Å². The molecule has 2 atom stereocenters. The first-order valence-corrected chi connectivity index (χ1v) is 12.1. The zero-order valence-corrected chi connectivity index (χ0v) is 18.4. The highest BCUT2D eigenvalue weighted by Gasteiger charge is 2.36. The smallest absolute Gasteiger partial charge is 0.191 e. The van der Waals surface area contributed by atoms with E-state index in [4.69, 9.17) is 9.73 Å². The van der Waals surface area contributed by atoms with Gasteiger partial charge in [0.05, 0.1) is 6.10 Å². The first-order valence-electron chi connectivity index (χ1n) is 12.1. The van der Waals surface area contributed by atoms with Gasteiger partial charge in [-0.1, -0.05) is 25.7 Å². The summed E-state index contributed by atoms with van der Waals surface area (Å²) in [4.78, 5) is 7.47. The summed E-state index contributed by atoms with van der Waals surface area (Å²) < 4.78 is 6.03. The summed E-state index contributed by atoms with van der Waals surface area (Å²) in [7, 11) is 2.32. The second-order valence-electron chi connectivity index (χ2n) is 9.17. The van der Waals surface area contributed by atoms with Crippen molar-refractivity contribution in [1.29, 1.82) is 0 Å². The summed E-state index contributed by atoms with van der Waals surface area (Å²) in [5.74, 6) is 1.02. The molecule has 0 aromatic carbocycles. The van der Waals surface area contributed by atoms with Crippen molar-refractivity contribution >= 4 is 5.96 Å². The molecule has 5 heteroatoms. The molecule has 3 fully saturated rings. The minimum Gasteiger partial charge on any atom is -0.378 e. The number of rotatable bonds is 9. The second kappa shape index (κ2) is 12.0. The topological polar surface area (TPSA) is 48.9 Å². The molecule has 0 amide bonds. The predicted octanol–water partition coefficient (Wildman–Crippen LogP) is 4.08. The van der Waals surface area contributed by atoms with Crippen LogP contribution in [0, 0.1) is 0 Å². The molecule has 0 radical (unpaired) electrons. The Kier molecular flexibility index (Phi) is 9.39. The molecular formula is C23H44N4O. The molecule has 3 aliphatic rings. The van der Waals surface area contributed by atoms with Gasteiger partial charge in [0.25, 0.3) is 0 Å². The van der Waals surface area contributed by atoms with Crippen molar-refractivity contribution < 1.29 is 4.74 Å². The van der Waals surface area contributed by atoms with E-state index in [0.29, 0.717) is 12.1 Å². The van der Waals surface area contributed by atoms with Gasteiger partial charge in [-0.2, -0.15) is 0 Å². The lowest BCUT2D eigenvalue weighted by atomic mass is 9.82. The van der Waals surface area contributed by atoms with Gasteiger partial charge in [0, 0.05) is 37.8 Å². The van der Waals surface area contributed by atoms with Gasteiger partial charge >= 0.3 is 0 Å². The third kappa shape index (κ3) is 6.91. The summed E-state index contributed by atoms with van der Waals surface area (Å²) >= 11 is 0. The van der Waals surface area contributed by atoms with Crippen LogP contribution in [0.2, 0.25) is 0 Å². The molecule has 2 saturated heterocycles. The largest absolute Gasteiger partial charge is 0.378 e. The average Bonchev–Trinajstić information content (AvgIpc) is 2.69. The third-order valence-electron chi connectivity index (χ3n) is 7.00. The van der Waals surface area contributed by atoms with E-state index in [2.05, 4.69) is 29.5 Å². The molecule has 3 rings (SSSR count). The van der Waals surface area contributed by atoms with Gasteiger partial charge in [-0.25, -0.2) is 0 Å². The molecule has 28 heavy (non-hydrogen) atoms.